The van der Waals surface area contributed by atoms with Crippen LogP contribution in [-0.2, 0) is 11.3 Å². The molecule has 2 saturated heterocycles. The number of ether oxygens (including phenoxy) is 1. The van der Waals surface area contributed by atoms with Crippen LogP contribution in [0.5, 0.6) is 0 Å². The zero-order valence-electron chi connectivity index (χ0n) is 18.2. The number of hydrogen-bond donors (Lipinski definition) is 2. The summed E-state index contributed by atoms with van der Waals surface area (Å²) >= 11 is 0. The number of nitrogens with one attached hydrogen (secondary N) is 1. The first-order valence-corrected chi connectivity index (χ1v) is 11.7. The predicted octanol–water partition coefficient (Wildman–Crippen LogP) is 2.14. The standard InChI is InChI=1S/C22H37N5O3/c1-2-30-22(29)26-11-3-4-19(9-14-26)25-12-7-17(8-13-25)21-23-10-15-27(21)16-20(28)24-18-5-6-18/h10,15,17-20,24,28H,2-9,11-14,16H2,1H3. The van der Waals surface area contributed by atoms with Gasteiger partial charge in [0.15, 0.2) is 0 Å². The Balaban J connectivity index is 1.26. The molecular weight excluding hydrogens is 382 g/mol. The van der Waals surface area contributed by atoms with E-state index in [1.165, 1.54) is 12.8 Å². The van der Waals surface area contributed by atoms with Crippen LogP contribution in [0.25, 0.3) is 0 Å². The number of aliphatic hydroxyl groups excluding tert-OH is 1. The third-order valence-corrected chi connectivity index (χ3v) is 6.76. The smallest absolute Gasteiger partial charge is 0.409 e. The Labute approximate surface area is 179 Å². The highest BCUT2D eigenvalue weighted by Crippen LogP contribution is 2.30. The lowest BCUT2D eigenvalue weighted by atomic mass is 9.93. The maximum Gasteiger partial charge on any atom is 0.409 e. The number of piperidine rings is 1. The summed E-state index contributed by atoms with van der Waals surface area (Å²) in [5.74, 6) is 1.56. The molecule has 0 aromatic carbocycles. The summed E-state index contributed by atoms with van der Waals surface area (Å²) < 4.78 is 7.31. The number of aliphatic hydroxyl groups is 1. The van der Waals surface area contributed by atoms with Crippen LogP contribution in [0.3, 0.4) is 0 Å². The van der Waals surface area contributed by atoms with Crippen molar-refractivity contribution in [2.75, 3.05) is 32.8 Å². The zero-order valence-corrected chi connectivity index (χ0v) is 18.2. The second-order valence-corrected chi connectivity index (χ2v) is 8.98. The fraction of sp³-hybridized carbons (Fsp3) is 0.818. The van der Waals surface area contributed by atoms with E-state index in [9.17, 15) is 9.90 Å². The van der Waals surface area contributed by atoms with E-state index in [2.05, 4.69) is 19.8 Å². The largest absolute Gasteiger partial charge is 0.450 e. The van der Waals surface area contributed by atoms with Crippen molar-refractivity contribution in [3.05, 3.63) is 18.2 Å². The minimum atomic E-state index is -0.501. The van der Waals surface area contributed by atoms with E-state index in [1.807, 2.05) is 24.2 Å². The summed E-state index contributed by atoms with van der Waals surface area (Å²) in [7, 11) is 0. The van der Waals surface area contributed by atoms with Gasteiger partial charge in [0.25, 0.3) is 0 Å². The molecule has 2 unspecified atom stereocenters. The molecule has 1 saturated carbocycles. The van der Waals surface area contributed by atoms with Crippen molar-refractivity contribution in [1.82, 2.24) is 24.7 Å². The monoisotopic (exact) mass is 419 g/mol. The van der Waals surface area contributed by atoms with Crippen LogP contribution in [0, 0.1) is 0 Å². The fourth-order valence-electron chi connectivity index (χ4n) is 4.96. The van der Waals surface area contributed by atoms with Crippen molar-refractivity contribution >= 4 is 6.09 Å². The molecule has 0 bridgehead atoms. The summed E-state index contributed by atoms with van der Waals surface area (Å²) in [6.45, 7) is 6.61. The van der Waals surface area contributed by atoms with Crippen LogP contribution in [0.4, 0.5) is 4.79 Å². The minimum Gasteiger partial charge on any atom is -0.450 e. The number of rotatable bonds is 7. The topological polar surface area (TPSA) is 82.9 Å². The van der Waals surface area contributed by atoms with Crippen molar-refractivity contribution < 1.29 is 14.6 Å². The Morgan fingerprint density at radius 3 is 2.73 bits per heavy atom. The van der Waals surface area contributed by atoms with Crippen molar-refractivity contribution in [2.45, 2.75) is 82.6 Å². The summed E-state index contributed by atoms with van der Waals surface area (Å²) in [5, 5.41) is 13.5. The molecule has 1 aliphatic carbocycles. The molecule has 3 aliphatic rings. The molecule has 2 atom stereocenters. The fourth-order valence-corrected chi connectivity index (χ4v) is 4.96. The van der Waals surface area contributed by atoms with E-state index in [0.717, 1.165) is 64.1 Å². The number of amides is 1. The van der Waals surface area contributed by atoms with Gasteiger partial charge in [0.1, 0.15) is 12.1 Å². The lowest BCUT2D eigenvalue weighted by molar-refractivity contribution is 0.104. The number of likely N-dealkylation sites (tertiary alicyclic amines) is 2. The van der Waals surface area contributed by atoms with Crippen LogP contribution in [-0.4, -0.2) is 81.6 Å². The Bertz CT molecular complexity index is 684. The maximum absolute atomic E-state index is 12.0. The average molecular weight is 420 g/mol. The van der Waals surface area contributed by atoms with Crippen molar-refractivity contribution in [3.8, 4) is 0 Å². The van der Waals surface area contributed by atoms with E-state index < -0.39 is 6.23 Å². The highest BCUT2D eigenvalue weighted by atomic mass is 16.6. The first-order valence-electron chi connectivity index (χ1n) is 11.7. The molecule has 2 N–H and O–H groups in total. The van der Waals surface area contributed by atoms with Crippen LogP contribution in [0.2, 0.25) is 0 Å². The quantitative estimate of drug-likeness (QED) is 0.659. The Hall–Kier alpha value is -1.64. The molecule has 1 amide bonds. The van der Waals surface area contributed by atoms with Gasteiger partial charge < -0.3 is 24.2 Å². The van der Waals surface area contributed by atoms with E-state index in [4.69, 9.17) is 4.74 Å². The first-order chi connectivity index (χ1) is 14.6. The second-order valence-electron chi connectivity index (χ2n) is 8.98. The zero-order chi connectivity index (χ0) is 20.9. The lowest BCUT2D eigenvalue weighted by Gasteiger charge is -2.37. The van der Waals surface area contributed by atoms with Crippen molar-refractivity contribution in [1.29, 1.82) is 0 Å². The van der Waals surface area contributed by atoms with Gasteiger partial charge in [0.05, 0.1) is 13.2 Å². The van der Waals surface area contributed by atoms with E-state index in [1.54, 1.807) is 0 Å². The van der Waals surface area contributed by atoms with Crippen molar-refractivity contribution in [2.24, 2.45) is 0 Å². The van der Waals surface area contributed by atoms with Crippen LogP contribution < -0.4 is 5.32 Å². The van der Waals surface area contributed by atoms with Crippen LogP contribution in [0.1, 0.15) is 63.6 Å². The van der Waals surface area contributed by atoms with Gasteiger partial charge in [-0.2, -0.15) is 0 Å². The van der Waals surface area contributed by atoms with Gasteiger partial charge in [-0.1, -0.05) is 0 Å². The molecule has 168 valence electrons. The number of aromatic nitrogens is 2. The van der Waals surface area contributed by atoms with E-state index >= 15 is 0 Å². The number of carbonyl (C=O) groups is 1. The summed E-state index contributed by atoms with van der Waals surface area (Å²) in [4.78, 5) is 21.2. The van der Waals surface area contributed by atoms with Crippen molar-refractivity contribution in [3.63, 3.8) is 0 Å². The average Bonchev–Trinajstić information content (AvgIpc) is 3.49. The summed E-state index contributed by atoms with van der Waals surface area (Å²) in [5.41, 5.74) is 0. The number of imidazole rings is 1. The molecule has 0 radical (unpaired) electrons. The predicted molar refractivity (Wildman–Crippen MR) is 114 cm³/mol. The highest BCUT2D eigenvalue weighted by Gasteiger charge is 2.31. The molecule has 1 aromatic heterocycles. The molecule has 1 aromatic rings. The number of carbonyl (C=O) groups excluding carboxylic acids is 1. The molecule has 30 heavy (non-hydrogen) atoms. The van der Waals surface area contributed by atoms with Gasteiger partial charge in [0, 0.05) is 43.5 Å². The van der Waals surface area contributed by atoms with Gasteiger partial charge in [-0.15, -0.1) is 0 Å². The normalized spacial score (nSPS) is 25.1. The third kappa shape index (κ3) is 5.53. The van der Waals surface area contributed by atoms with Crippen LogP contribution >= 0.6 is 0 Å². The van der Waals surface area contributed by atoms with Gasteiger partial charge in [-0.05, 0) is 65.0 Å². The summed E-state index contributed by atoms with van der Waals surface area (Å²) in [6.07, 6.45) is 10.9. The van der Waals surface area contributed by atoms with E-state index in [0.29, 0.717) is 31.2 Å². The Morgan fingerprint density at radius 1 is 1.20 bits per heavy atom. The number of nitrogens with zero attached hydrogens (tertiary/aromatic N) is 4. The highest BCUT2D eigenvalue weighted by molar-refractivity contribution is 5.67. The molecule has 0 spiro atoms. The Kier molecular flexibility index (Phi) is 7.28. The van der Waals surface area contributed by atoms with E-state index in [-0.39, 0.29) is 6.09 Å². The second kappa shape index (κ2) is 10.1. The molecule has 3 fully saturated rings. The lowest BCUT2D eigenvalue weighted by Crippen LogP contribution is -2.42. The molecular formula is C22H37N5O3. The van der Waals surface area contributed by atoms with Gasteiger partial charge in [0.2, 0.25) is 0 Å². The molecule has 4 rings (SSSR count). The van der Waals surface area contributed by atoms with Gasteiger partial charge in [-0.25, -0.2) is 9.78 Å². The SMILES string of the molecule is CCOC(=O)N1CCCC(N2CCC(c3nccn3CC(O)NC3CC3)CC2)CC1. The number of hydrogen-bond acceptors (Lipinski definition) is 6. The maximum atomic E-state index is 12.0. The van der Waals surface area contributed by atoms with Crippen LogP contribution in [0.15, 0.2) is 12.4 Å². The van der Waals surface area contributed by atoms with Gasteiger partial charge in [-0.3, -0.25) is 5.32 Å². The molecule has 8 nitrogen and oxygen atoms in total. The summed E-state index contributed by atoms with van der Waals surface area (Å²) in [6, 6.07) is 1.05. The minimum absolute atomic E-state index is 0.165. The molecule has 2 aliphatic heterocycles. The Morgan fingerprint density at radius 2 is 2.00 bits per heavy atom. The third-order valence-electron chi connectivity index (χ3n) is 6.76. The molecule has 3 heterocycles. The molecule has 8 heteroatoms. The van der Waals surface area contributed by atoms with Gasteiger partial charge >= 0.3 is 6.09 Å². The first kappa shape index (κ1) is 21.6.